The standard InChI is InChI=1S/C24H40O21/c1-4-7(27)10(30)13(33)22(39-4)44-18-12(32)9(29)6(3-26)41-24(18)43-16-15(35)17(20(36)37)42-21(38)19(16)45-23-14(34)11(31)8(28)5(2-25)40-23/h4-19,21-35,38H,2-3H2,1H3,(H,36,37)/t4-,5+,6+,7-,8+,9-,10+,11-,12-,13+,14+,15-,16-,17-,18+,19+,21+,22-,23-,24-/m0/s1. The van der Waals surface area contributed by atoms with E-state index in [4.69, 9.17) is 33.2 Å². The molecule has 0 bridgehead atoms. The van der Waals surface area contributed by atoms with Crippen LogP contribution in [0.4, 0.5) is 0 Å². The number of rotatable bonds is 9. The van der Waals surface area contributed by atoms with E-state index in [1.54, 1.807) is 0 Å². The maximum atomic E-state index is 11.8. The number of aliphatic carboxylic acids is 1. The van der Waals surface area contributed by atoms with Crippen molar-refractivity contribution < 1.29 is 104 Å². The van der Waals surface area contributed by atoms with Crippen molar-refractivity contribution in [1.82, 2.24) is 0 Å². The molecule has 0 amide bonds. The molecule has 4 saturated heterocycles. The van der Waals surface area contributed by atoms with Gasteiger partial charge in [0.15, 0.2) is 31.3 Å². The third kappa shape index (κ3) is 7.26. The zero-order valence-electron chi connectivity index (χ0n) is 23.5. The van der Waals surface area contributed by atoms with E-state index in [1.165, 1.54) is 6.92 Å². The number of aliphatic hydroxyl groups is 12. The predicted octanol–water partition coefficient (Wildman–Crippen LogP) is -8.63. The number of ether oxygens (including phenoxy) is 7. The number of carboxylic acid groups (broad SMARTS) is 1. The van der Waals surface area contributed by atoms with Crippen LogP contribution in [-0.2, 0) is 38.0 Å². The Hall–Kier alpha value is -1.29. The number of hydrogen-bond acceptors (Lipinski definition) is 20. The van der Waals surface area contributed by atoms with E-state index in [9.17, 15) is 71.2 Å². The van der Waals surface area contributed by atoms with Crippen LogP contribution >= 0.6 is 0 Å². The SMILES string of the molecule is C[C@@H]1O[C@@H](O[C@H]2[C@H](O[C@H]3[C@H](O)[C@@H](C(=O)O)O[C@@H](O)[C@@H]3O[C@@H]3O[C@H](CO)[C@@H](O)[C@H](O)[C@H]3O)O[C@H](CO)[C@H](O)[C@@H]2O)[C@H](O)[C@H](O)[C@H]1O. The molecular formula is C24H40O21. The van der Waals surface area contributed by atoms with Gasteiger partial charge in [-0.2, -0.15) is 0 Å². The summed E-state index contributed by atoms with van der Waals surface area (Å²) < 4.78 is 37.9. The summed E-state index contributed by atoms with van der Waals surface area (Å²) in [6.07, 6.45) is -37.6. The molecule has 262 valence electrons. The highest BCUT2D eigenvalue weighted by Gasteiger charge is 2.56. The number of aliphatic hydroxyl groups excluding tert-OH is 12. The van der Waals surface area contributed by atoms with Crippen LogP contribution < -0.4 is 0 Å². The molecule has 0 aromatic rings. The van der Waals surface area contributed by atoms with Crippen LogP contribution in [0.1, 0.15) is 6.92 Å². The van der Waals surface area contributed by atoms with Crippen LogP contribution in [0.3, 0.4) is 0 Å². The van der Waals surface area contributed by atoms with E-state index >= 15 is 0 Å². The second-order valence-electron chi connectivity index (χ2n) is 11.2. The minimum absolute atomic E-state index is 0.866. The Morgan fingerprint density at radius 3 is 1.56 bits per heavy atom. The van der Waals surface area contributed by atoms with Crippen molar-refractivity contribution in [3.05, 3.63) is 0 Å². The molecule has 20 atom stereocenters. The van der Waals surface area contributed by atoms with E-state index in [-0.39, 0.29) is 0 Å². The third-order valence-electron chi connectivity index (χ3n) is 8.14. The van der Waals surface area contributed by atoms with E-state index < -0.39 is 142 Å². The van der Waals surface area contributed by atoms with E-state index in [2.05, 4.69) is 0 Å². The van der Waals surface area contributed by atoms with Crippen LogP contribution in [0, 0.1) is 0 Å². The lowest BCUT2D eigenvalue weighted by atomic mass is 9.95. The largest absolute Gasteiger partial charge is 0.479 e. The molecule has 21 nitrogen and oxygen atoms in total. The van der Waals surface area contributed by atoms with E-state index in [0.717, 1.165) is 0 Å². The summed E-state index contributed by atoms with van der Waals surface area (Å²) >= 11 is 0. The van der Waals surface area contributed by atoms with Crippen molar-refractivity contribution >= 4 is 5.97 Å². The maximum absolute atomic E-state index is 11.8. The Balaban J connectivity index is 1.64. The van der Waals surface area contributed by atoms with Gasteiger partial charge in [-0.05, 0) is 6.92 Å². The molecule has 4 aliphatic rings. The molecule has 0 aromatic heterocycles. The second kappa shape index (κ2) is 14.9. The lowest BCUT2D eigenvalue weighted by Crippen LogP contribution is -2.68. The van der Waals surface area contributed by atoms with Crippen molar-refractivity contribution in [3.63, 3.8) is 0 Å². The first-order valence-corrected chi connectivity index (χ1v) is 14.0. The first kappa shape index (κ1) is 36.5. The summed E-state index contributed by atoms with van der Waals surface area (Å²) in [6, 6.07) is 0. The molecule has 13 N–H and O–H groups in total. The highest BCUT2D eigenvalue weighted by atomic mass is 16.8. The summed E-state index contributed by atoms with van der Waals surface area (Å²) in [7, 11) is 0. The first-order valence-electron chi connectivity index (χ1n) is 14.0. The van der Waals surface area contributed by atoms with Crippen LogP contribution in [0.2, 0.25) is 0 Å². The van der Waals surface area contributed by atoms with Gasteiger partial charge in [-0.15, -0.1) is 0 Å². The average molecular weight is 665 g/mol. The molecule has 0 unspecified atom stereocenters. The Kier molecular flexibility index (Phi) is 12.1. The molecule has 0 saturated carbocycles. The molecule has 4 aliphatic heterocycles. The van der Waals surface area contributed by atoms with Gasteiger partial charge in [-0.25, -0.2) is 4.79 Å². The smallest absolute Gasteiger partial charge is 0.335 e. The maximum Gasteiger partial charge on any atom is 0.335 e. The summed E-state index contributed by atoms with van der Waals surface area (Å²) in [6.45, 7) is -0.465. The van der Waals surface area contributed by atoms with Gasteiger partial charge in [-0.3, -0.25) is 0 Å². The molecule has 0 aromatic carbocycles. The molecule has 0 spiro atoms. The zero-order chi connectivity index (χ0) is 33.5. The molecule has 4 heterocycles. The summed E-state index contributed by atoms with van der Waals surface area (Å²) in [4.78, 5) is 11.8. The Morgan fingerprint density at radius 2 is 1.00 bits per heavy atom. The van der Waals surface area contributed by atoms with E-state index in [1.807, 2.05) is 0 Å². The normalized spacial score (nSPS) is 52.8. The molecule has 4 fully saturated rings. The van der Waals surface area contributed by atoms with Gasteiger partial charge < -0.3 is 99.5 Å². The molecule has 4 rings (SSSR count). The monoisotopic (exact) mass is 664 g/mol. The van der Waals surface area contributed by atoms with Gasteiger partial charge in [-0.1, -0.05) is 0 Å². The highest BCUT2D eigenvalue weighted by molar-refractivity contribution is 5.73. The second-order valence-corrected chi connectivity index (χ2v) is 11.2. The Bertz CT molecular complexity index is 973. The number of carboxylic acids is 1. The van der Waals surface area contributed by atoms with Gasteiger partial charge in [0.1, 0.15) is 85.5 Å². The van der Waals surface area contributed by atoms with Crippen molar-refractivity contribution in [2.75, 3.05) is 13.2 Å². The molecule has 0 radical (unpaired) electrons. The van der Waals surface area contributed by atoms with Crippen molar-refractivity contribution in [3.8, 4) is 0 Å². The topological polar surface area (TPSA) is 345 Å². The molecular weight excluding hydrogens is 624 g/mol. The summed E-state index contributed by atoms with van der Waals surface area (Å²) in [5.74, 6) is -1.79. The minimum atomic E-state index is -2.28. The molecule has 0 aliphatic carbocycles. The lowest BCUT2D eigenvalue weighted by Gasteiger charge is -2.49. The van der Waals surface area contributed by atoms with Crippen LogP contribution in [0.25, 0.3) is 0 Å². The fourth-order valence-electron chi connectivity index (χ4n) is 5.42. The fourth-order valence-corrected chi connectivity index (χ4v) is 5.42. The van der Waals surface area contributed by atoms with Gasteiger partial charge >= 0.3 is 5.97 Å². The average Bonchev–Trinajstić information content (AvgIpc) is 3.00. The summed E-state index contributed by atoms with van der Waals surface area (Å²) in [5, 5.41) is 133. The van der Waals surface area contributed by atoms with Gasteiger partial charge in [0.2, 0.25) is 0 Å². The fraction of sp³-hybridized carbons (Fsp3) is 0.958. The van der Waals surface area contributed by atoms with Crippen molar-refractivity contribution in [1.29, 1.82) is 0 Å². The van der Waals surface area contributed by atoms with Crippen molar-refractivity contribution in [2.24, 2.45) is 0 Å². The van der Waals surface area contributed by atoms with Crippen LogP contribution in [0.15, 0.2) is 0 Å². The summed E-state index contributed by atoms with van der Waals surface area (Å²) in [5.41, 5.74) is 0. The highest BCUT2D eigenvalue weighted by Crippen LogP contribution is 2.35. The van der Waals surface area contributed by atoms with Crippen LogP contribution in [0.5, 0.6) is 0 Å². The Labute approximate surface area is 253 Å². The lowest BCUT2D eigenvalue weighted by molar-refractivity contribution is -0.399. The van der Waals surface area contributed by atoms with Crippen LogP contribution in [-0.4, -0.2) is 208 Å². The predicted molar refractivity (Wildman–Crippen MR) is 133 cm³/mol. The molecule has 21 heteroatoms. The van der Waals surface area contributed by atoms with Gasteiger partial charge in [0, 0.05) is 0 Å². The number of hydrogen-bond donors (Lipinski definition) is 13. The van der Waals surface area contributed by atoms with Gasteiger partial charge in [0.05, 0.1) is 19.3 Å². The molecule has 45 heavy (non-hydrogen) atoms. The zero-order valence-corrected chi connectivity index (χ0v) is 23.5. The third-order valence-corrected chi connectivity index (χ3v) is 8.14. The Morgan fingerprint density at radius 1 is 0.533 bits per heavy atom. The van der Waals surface area contributed by atoms with Gasteiger partial charge in [0.25, 0.3) is 0 Å². The van der Waals surface area contributed by atoms with Crippen molar-refractivity contribution in [2.45, 2.75) is 130 Å². The minimum Gasteiger partial charge on any atom is -0.479 e. The quantitative estimate of drug-likeness (QED) is 0.109. The number of carbonyl (C=O) groups is 1. The van der Waals surface area contributed by atoms with E-state index in [0.29, 0.717) is 0 Å². The first-order chi connectivity index (χ1) is 21.1.